The van der Waals surface area contributed by atoms with Crippen molar-refractivity contribution in [3.05, 3.63) is 41.0 Å². The van der Waals surface area contributed by atoms with E-state index < -0.39 is 0 Å². The summed E-state index contributed by atoms with van der Waals surface area (Å²) < 4.78 is 12.9. The molecular weight excluding hydrogens is 641 g/mol. The zero-order valence-corrected chi connectivity index (χ0v) is 34.2. The van der Waals surface area contributed by atoms with E-state index in [1.165, 1.54) is 76.2 Å². The Bertz CT molecular complexity index is 1560. The molecule has 4 nitrogen and oxygen atoms in total. The molecule has 1 aromatic carbocycles. The molecule has 0 saturated heterocycles. The number of aliphatic hydroxyl groups is 1. The first kappa shape index (κ1) is 37.3. The Morgan fingerprint density at radius 1 is 0.788 bits per heavy atom. The zero-order valence-electron chi connectivity index (χ0n) is 34.2. The van der Waals surface area contributed by atoms with Crippen LogP contribution in [-0.2, 0) is 21.4 Å². The van der Waals surface area contributed by atoms with Gasteiger partial charge in [0.1, 0.15) is 5.75 Å². The maximum atomic E-state index is 12.4. The van der Waals surface area contributed by atoms with E-state index in [-0.39, 0.29) is 29.0 Å². The lowest BCUT2D eigenvalue weighted by Gasteiger charge is -2.66. The summed E-state index contributed by atoms with van der Waals surface area (Å²) in [5, 5.41) is 9.88. The number of carbonyl (C=O) groups is 1. The number of aryl methyl sites for hydroxylation is 1. The topological polar surface area (TPSA) is 55.8 Å². The SMILES string of the molecule is COc1ccc2c(c1)[C@@]1(C)CC[C@@H]3C(C)(C)[C@H](C(OCCCO)[C@@H](C)[C@H]4CC[C@H]5[C@@H]6CCC7=CC(=O)CC[C@]7(C)[C@H]6CC[C@]45C)CC[C@@]3(C)[C@@H]1CC2. The molecule has 0 amide bonds. The highest BCUT2D eigenvalue weighted by atomic mass is 16.5. The molecule has 5 fully saturated rings. The van der Waals surface area contributed by atoms with Crippen LogP contribution >= 0.6 is 0 Å². The molecule has 1 aromatic rings. The third-order valence-electron chi connectivity index (χ3n) is 19.0. The lowest BCUT2D eigenvalue weighted by Crippen LogP contribution is -2.61. The van der Waals surface area contributed by atoms with Gasteiger partial charge in [0.05, 0.1) is 13.2 Å². The van der Waals surface area contributed by atoms with Gasteiger partial charge in [0, 0.05) is 19.6 Å². The van der Waals surface area contributed by atoms with Crippen LogP contribution < -0.4 is 4.74 Å². The minimum absolute atomic E-state index is 0.177. The second-order valence-electron chi connectivity index (χ2n) is 21.1. The Hall–Kier alpha value is -1.65. The molecule has 1 unspecified atom stereocenters. The van der Waals surface area contributed by atoms with Crippen LogP contribution in [0.4, 0.5) is 0 Å². The number of fused-ring (bicyclic) bond motifs is 10. The van der Waals surface area contributed by atoms with E-state index in [2.05, 4.69) is 72.7 Å². The lowest BCUT2D eigenvalue weighted by atomic mass is 9.38. The highest BCUT2D eigenvalue weighted by molar-refractivity contribution is 5.91. The summed E-state index contributed by atoms with van der Waals surface area (Å²) in [6, 6.07) is 6.91. The van der Waals surface area contributed by atoms with Crippen LogP contribution in [0.5, 0.6) is 5.75 Å². The third-order valence-corrected chi connectivity index (χ3v) is 19.0. The fourth-order valence-electron chi connectivity index (χ4n) is 16.5. The molecule has 7 aliphatic rings. The van der Waals surface area contributed by atoms with Gasteiger partial charge in [0.25, 0.3) is 0 Å². The maximum Gasteiger partial charge on any atom is 0.155 e. The van der Waals surface area contributed by atoms with Crippen molar-refractivity contribution in [2.24, 2.45) is 69.0 Å². The number of hydrogen-bond donors (Lipinski definition) is 1. The van der Waals surface area contributed by atoms with Crippen LogP contribution in [0.25, 0.3) is 0 Å². The third kappa shape index (κ3) is 5.43. The average Bonchev–Trinajstić information content (AvgIpc) is 3.47. The smallest absolute Gasteiger partial charge is 0.155 e. The van der Waals surface area contributed by atoms with Gasteiger partial charge in [-0.2, -0.15) is 0 Å². The average molecular weight is 713 g/mol. The van der Waals surface area contributed by atoms with Gasteiger partial charge in [-0.15, -0.1) is 0 Å². The van der Waals surface area contributed by atoms with Gasteiger partial charge in [-0.1, -0.05) is 60.1 Å². The first-order valence-electron chi connectivity index (χ1n) is 21.9. The van der Waals surface area contributed by atoms with E-state index in [0.717, 1.165) is 49.2 Å². The predicted molar refractivity (Wildman–Crippen MR) is 210 cm³/mol. The molecule has 0 spiro atoms. The highest BCUT2D eigenvalue weighted by Gasteiger charge is 2.65. The Morgan fingerprint density at radius 3 is 2.35 bits per heavy atom. The Balaban J connectivity index is 1.06. The summed E-state index contributed by atoms with van der Waals surface area (Å²) >= 11 is 0. The molecule has 0 radical (unpaired) electrons. The molecule has 8 rings (SSSR count). The molecule has 1 N–H and O–H groups in total. The fourth-order valence-corrected chi connectivity index (χ4v) is 16.5. The normalized spacial score (nSPS) is 44.5. The minimum Gasteiger partial charge on any atom is -0.497 e. The van der Waals surface area contributed by atoms with Crippen molar-refractivity contribution >= 4 is 5.78 Å². The van der Waals surface area contributed by atoms with E-state index >= 15 is 0 Å². The summed E-state index contributed by atoms with van der Waals surface area (Å²) in [5.74, 6) is 6.77. The largest absolute Gasteiger partial charge is 0.497 e. The fraction of sp³-hybridized carbons (Fsp3) is 0.812. The quantitative estimate of drug-likeness (QED) is 0.273. The van der Waals surface area contributed by atoms with Crippen molar-refractivity contribution in [2.45, 2.75) is 156 Å². The number of aliphatic hydroxyl groups excluding tert-OH is 1. The van der Waals surface area contributed by atoms with E-state index in [1.807, 2.05) is 7.11 Å². The first-order chi connectivity index (χ1) is 24.7. The Labute approximate surface area is 316 Å². The molecule has 0 heterocycles. The molecule has 7 aliphatic carbocycles. The van der Waals surface area contributed by atoms with E-state index in [9.17, 15) is 9.90 Å². The van der Waals surface area contributed by atoms with Gasteiger partial charge in [0.2, 0.25) is 0 Å². The summed E-state index contributed by atoms with van der Waals surface area (Å²) in [4.78, 5) is 12.4. The number of rotatable bonds is 8. The van der Waals surface area contributed by atoms with Crippen LogP contribution in [0, 0.1) is 69.0 Å². The lowest BCUT2D eigenvalue weighted by molar-refractivity contribution is -0.180. The molecule has 288 valence electrons. The number of ether oxygens (including phenoxy) is 2. The summed E-state index contributed by atoms with van der Waals surface area (Å²) in [6.07, 6.45) is 20.2. The van der Waals surface area contributed by atoms with Gasteiger partial charge in [-0.25, -0.2) is 0 Å². The van der Waals surface area contributed by atoms with Gasteiger partial charge in [0.15, 0.2) is 5.78 Å². The van der Waals surface area contributed by atoms with Crippen molar-refractivity contribution in [2.75, 3.05) is 20.3 Å². The summed E-state index contributed by atoms with van der Waals surface area (Å²) in [7, 11) is 1.81. The standard InChI is InChI=1S/C48H72O4/c1-30(36-15-16-37-35-14-12-32-28-33(50)18-22-45(32,4)38(35)19-23-46(36,37)5)43(52-27-9-26-49)39-20-24-48(7)41(44(39,2)3)21-25-47(6)40-29-34(51-8)13-10-31(40)11-17-42(47)48/h10,13,28-30,35-39,41-43,49H,9,11-12,14-27H2,1-8H3/t30-,35-,36+,37-,38-,39-,41+,42+,43?,45-,46+,47+,48+/m0/s1. The van der Waals surface area contributed by atoms with Crippen LogP contribution in [0.1, 0.15) is 149 Å². The predicted octanol–water partition coefficient (Wildman–Crippen LogP) is 10.9. The molecule has 0 aromatic heterocycles. The van der Waals surface area contributed by atoms with Gasteiger partial charge in [-0.3, -0.25) is 4.79 Å². The van der Waals surface area contributed by atoms with Crippen LogP contribution in [-0.4, -0.2) is 37.3 Å². The Kier molecular flexibility index (Phi) is 9.49. The molecule has 52 heavy (non-hydrogen) atoms. The highest BCUT2D eigenvalue weighted by Crippen LogP contribution is 2.71. The van der Waals surface area contributed by atoms with Gasteiger partial charge in [-0.05, 0) is 194 Å². The van der Waals surface area contributed by atoms with E-state index in [4.69, 9.17) is 9.47 Å². The molecule has 4 heteroatoms. The van der Waals surface area contributed by atoms with Crippen molar-refractivity contribution < 1.29 is 19.4 Å². The Morgan fingerprint density at radius 2 is 1.58 bits per heavy atom. The van der Waals surface area contributed by atoms with Crippen LogP contribution in [0.15, 0.2) is 29.8 Å². The van der Waals surface area contributed by atoms with E-state index in [0.29, 0.717) is 52.8 Å². The monoisotopic (exact) mass is 713 g/mol. The van der Waals surface area contributed by atoms with Crippen LogP contribution in [0.2, 0.25) is 0 Å². The van der Waals surface area contributed by atoms with Gasteiger partial charge >= 0.3 is 0 Å². The number of carbonyl (C=O) groups excluding carboxylic acids is 1. The van der Waals surface area contributed by atoms with Crippen LogP contribution in [0.3, 0.4) is 0 Å². The molecule has 13 atom stereocenters. The first-order valence-corrected chi connectivity index (χ1v) is 21.9. The maximum absolute atomic E-state index is 12.4. The second-order valence-corrected chi connectivity index (χ2v) is 21.1. The molecule has 0 bridgehead atoms. The number of ketones is 1. The number of methoxy groups -OCH3 is 1. The number of benzene rings is 1. The molecule has 0 aliphatic heterocycles. The van der Waals surface area contributed by atoms with Crippen molar-refractivity contribution in [1.29, 1.82) is 0 Å². The van der Waals surface area contributed by atoms with Gasteiger partial charge < -0.3 is 14.6 Å². The summed E-state index contributed by atoms with van der Waals surface area (Å²) in [5.41, 5.74) is 5.88. The molecular formula is C48H72O4. The number of allylic oxidation sites excluding steroid dienone is 1. The molecule has 5 saturated carbocycles. The second kappa shape index (κ2) is 13.2. The number of hydrogen-bond acceptors (Lipinski definition) is 4. The van der Waals surface area contributed by atoms with Crippen molar-refractivity contribution in [1.82, 2.24) is 0 Å². The van der Waals surface area contributed by atoms with E-state index in [1.54, 1.807) is 11.1 Å². The zero-order chi connectivity index (χ0) is 36.8. The summed E-state index contributed by atoms with van der Waals surface area (Å²) in [6.45, 7) is 19.3. The minimum atomic E-state index is 0.177. The van der Waals surface area contributed by atoms with Crippen molar-refractivity contribution in [3.63, 3.8) is 0 Å². The van der Waals surface area contributed by atoms with Crippen molar-refractivity contribution in [3.8, 4) is 5.75 Å².